The first kappa shape index (κ1) is 44.2. The Morgan fingerprint density at radius 3 is 0.709 bits per heavy atom. The van der Waals surface area contributed by atoms with Crippen LogP contribution in [0.2, 0.25) is 0 Å². The summed E-state index contributed by atoms with van der Waals surface area (Å²) in [6, 6.07) is 26.9. The van der Waals surface area contributed by atoms with Gasteiger partial charge in [-0.1, -0.05) is 132 Å². The van der Waals surface area contributed by atoms with Crippen LogP contribution in [0.25, 0.3) is 0 Å². The maximum Gasteiger partial charge on any atom is 0.236 e. The molecule has 0 aliphatic rings. The van der Waals surface area contributed by atoms with Gasteiger partial charge in [0.05, 0.1) is 26.4 Å². The van der Waals surface area contributed by atoms with Crippen LogP contribution in [0.15, 0.2) is 72.8 Å². The Labute approximate surface area is 337 Å². The van der Waals surface area contributed by atoms with Gasteiger partial charge in [-0.3, -0.25) is 0 Å². The largest absolute Gasteiger partial charge is 0.494 e. The van der Waals surface area contributed by atoms with Crippen molar-refractivity contribution in [3.8, 4) is 23.0 Å². The van der Waals surface area contributed by atoms with E-state index in [0.29, 0.717) is 26.4 Å². The highest BCUT2D eigenvalue weighted by Gasteiger charge is 2.36. The minimum atomic E-state index is -2.69. The molecule has 4 aromatic rings. The molecule has 0 heterocycles. The van der Waals surface area contributed by atoms with Crippen molar-refractivity contribution in [3.05, 3.63) is 95.1 Å². The number of rotatable bonds is 14. The third-order valence-corrected chi connectivity index (χ3v) is 16.3. The summed E-state index contributed by atoms with van der Waals surface area (Å²) in [6.07, 6.45) is 0. The van der Waals surface area contributed by atoms with E-state index in [1.807, 2.05) is 0 Å². The van der Waals surface area contributed by atoms with Gasteiger partial charge in [0.1, 0.15) is 23.0 Å². The molecule has 4 aromatic carbocycles. The normalized spacial score (nSPS) is 12.7. The molecule has 0 atom stereocenters. The van der Waals surface area contributed by atoms with Crippen LogP contribution in [0.1, 0.15) is 133 Å². The summed E-state index contributed by atoms with van der Waals surface area (Å²) in [6.45, 7) is 37.7. The molecule has 0 aliphatic carbocycles. The van der Waals surface area contributed by atoms with E-state index in [4.69, 9.17) is 23.1 Å². The molecule has 7 heteroatoms. The molecule has 0 amide bonds. The van der Waals surface area contributed by atoms with Gasteiger partial charge in [-0.05, 0) is 95.9 Å². The lowest BCUT2D eigenvalue weighted by molar-refractivity contribution is 0.340. The minimum Gasteiger partial charge on any atom is -0.494 e. The van der Waals surface area contributed by atoms with Gasteiger partial charge >= 0.3 is 0 Å². The maximum atomic E-state index is 8.17. The van der Waals surface area contributed by atoms with Crippen molar-refractivity contribution >= 4 is 38.8 Å². The van der Waals surface area contributed by atoms with Crippen LogP contribution in [0.3, 0.4) is 0 Å². The molecule has 0 spiro atoms. The fourth-order valence-corrected chi connectivity index (χ4v) is 14.0. The average Bonchev–Trinajstić information content (AvgIpc) is 3.09. The summed E-state index contributed by atoms with van der Waals surface area (Å²) in [7, 11) is -5.37. The molecule has 0 saturated heterocycles. The second-order valence-corrected chi connectivity index (χ2v) is 23.7. The zero-order valence-corrected chi connectivity index (χ0v) is 39.3. The third kappa shape index (κ3) is 10.9. The van der Waals surface area contributed by atoms with E-state index in [0.717, 1.165) is 43.7 Å². The third-order valence-electron chi connectivity index (χ3n) is 10.1. The number of ether oxygens (including phenoxy) is 4. The van der Waals surface area contributed by atoms with Crippen LogP contribution in [0.5, 0.6) is 23.0 Å². The van der Waals surface area contributed by atoms with Gasteiger partial charge in [0, 0.05) is 20.7 Å². The van der Waals surface area contributed by atoms with E-state index in [9.17, 15) is 0 Å². The summed E-state index contributed by atoms with van der Waals surface area (Å²) >= 11 is 0. The van der Waals surface area contributed by atoms with Gasteiger partial charge in [-0.2, -0.15) is 0 Å². The van der Waals surface area contributed by atoms with Gasteiger partial charge in [0.15, 0.2) is 0 Å². The number of benzene rings is 4. The minimum absolute atomic E-state index is 0.0857. The first-order valence-corrected chi connectivity index (χ1v) is 23.6. The van der Waals surface area contributed by atoms with Gasteiger partial charge in [-0.15, -0.1) is 0 Å². The monoisotopic (exact) mass is 782 g/mol. The SMILES string of the molecule is CCOc1ccc(C(C)(C)C)cc1[SiH](O[SiH](c1cc(C(C)(C)C)ccc1OCC)c1cc(C(C)(C)C)ccc1OCC)c1cc(C(C)(C)C)ccc1OCC. The highest BCUT2D eigenvalue weighted by atomic mass is 28.4. The predicted octanol–water partition coefficient (Wildman–Crippen LogP) is 8.86. The Morgan fingerprint density at radius 2 is 0.545 bits per heavy atom. The van der Waals surface area contributed by atoms with Crippen LogP contribution in [-0.4, -0.2) is 44.5 Å². The van der Waals surface area contributed by atoms with Crippen LogP contribution in [0, 0.1) is 0 Å². The van der Waals surface area contributed by atoms with Crippen molar-refractivity contribution in [2.45, 2.75) is 132 Å². The Bertz CT molecular complexity index is 1620. The van der Waals surface area contributed by atoms with Crippen molar-refractivity contribution in [1.82, 2.24) is 0 Å². The highest BCUT2D eigenvalue weighted by molar-refractivity contribution is 6.93. The van der Waals surface area contributed by atoms with Crippen LogP contribution >= 0.6 is 0 Å². The molecular weight excluding hydrogens is 713 g/mol. The van der Waals surface area contributed by atoms with Gasteiger partial charge in [0.2, 0.25) is 18.1 Å². The first-order valence-electron chi connectivity index (χ1n) is 20.4. The van der Waals surface area contributed by atoms with E-state index in [1.54, 1.807) is 0 Å². The summed E-state index contributed by atoms with van der Waals surface area (Å²) in [5, 5.41) is 4.48. The quantitative estimate of drug-likeness (QED) is 0.120. The van der Waals surface area contributed by atoms with Gasteiger partial charge in [-0.25, -0.2) is 0 Å². The average molecular weight is 783 g/mol. The number of hydrogen-bond acceptors (Lipinski definition) is 5. The summed E-state index contributed by atoms with van der Waals surface area (Å²) in [5.74, 6) is 3.46. The van der Waals surface area contributed by atoms with E-state index < -0.39 is 18.1 Å². The van der Waals surface area contributed by atoms with Crippen LogP contribution < -0.4 is 39.7 Å². The Kier molecular flexibility index (Phi) is 14.2. The smallest absolute Gasteiger partial charge is 0.236 e. The van der Waals surface area contributed by atoms with Gasteiger partial charge in [0.25, 0.3) is 0 Å². The zero-order valence-electron chi connectivity index (χ0n) is 37.0. The Morgan fingerprint density at radius 1 is 0.345 bits per heavy atom. The topological polar surface area (TPSA) is 46.2 Å². The molecule has 300 valence electrons. The van der Waals surface area contributed by atoms with Gasteiger partial charge < -0.3 is 23.1 Å². The standard InChI is InChI=1S/C48H70O5Si2/c1-17-49-37-25-21-33(45(5,6)7)29-41(37)54(42-30-34(46(8,9)10)22-26-38(42)50-18-2)53-55(43-31-35(47(11,12)13)23-27-39(43)51-19-3)44-32-36(48(14,15)16)24-28-40(44)52-20-4/h21-32,54-55H,17-20H2,1-16H3. The molecule has 0 bridgehead atoms. The molecule has 5 nitrogen and oxygen atoms in total. The maximum absolute atomic E-state index is 8.17. The molecule has 0 radical (unpaired) electrons. The van der Waals surface area contributed by atoms with E-state index in [2.05, 4.69) is 184 Å². The molecule has 0 fully saturated rings. The Hall–Kier alpha value is -3.53. The molecule has 0 aromatic heterocycles. The van der Waals surface area contributed by atoms with E-state index in [-0.39, 0.29) is 21.7 Å². The molecular formula is C48H70O5Si2. The summed E-state index contributed by atoms with van der Waals surface area (Å²) < 4.78 is 34.3. The lowest BCUT2D eigenvalue weighted by Gasteiger charge is -2.32. The lowest BCUT2D eigenvalue weighted by atomic mass is 9.87. The second kappa shape index (κ2) is 17.7. The van der Waals surface area contributed by atoms with E-state index >= 15 is 0 Å². The first-order chi connectivity index (χ1) is 25.6. The fourth-order valence-electron chi connectivity index (χ4n) is 6.79. The van der Waals surface area contributed by atoms with Crippen molar-refractivity contribution in [3.63, 3.8) is 0 Å². The van der Waals surface area contributed by atoms with Crippen molar-refractivity contribution < 1.29 is 23.1 Å². The lowest BCUT2D eigenvalue weighted by Crippen LogP contribution is -2.57. The molecule has 55 heavy (non-hydrogen) atoms. The molecule has 4 rings (SSSR count). The fraction of sp³-hybridized carbons (Fsp3) is 0.500. The Balaban J connectivity index is 2.24. The van der Waals surface area contributed by atoms with E-state index in [1.165, 1.54) is 22.3 Å². The van der Waals surface area contributed by atoms with Crippen molar-refractivity contribution in [1.29, 1.82) is 0 Å². The van der Waals surface area contributed by atoms with Crippen molar-refractivity contribution in [2.24, 2.45) is 0 Å². The second-order valence-electron chi connectivity index (χ2n) is 18.6. The van der Waals surface area contributed by atoms with Crippen molar-refractivity contribution in [2.75, 3.05) is 26.4 Å². The number of hydrogen-bond donors (Lipinski definition) is 0. The van der Waals surface area contributed by atoms with Crippen LogP contribution in [0.4, 0.5) is 0 Å². The van der Waals surface area contributed by atoms with Crippen LogP contribution in [-0.2, 0) is 25.8 Å². The highest BCUT2D eigenvalue weighted by Crippen LogP contribution is 2.30. The predicted molar refractivity (Wildman–Crippen MR) is 239 cm³/mol. The molecule has 0 N–H and O–H groups in total. The molecule has 0 unspecified atom stereocenters. The molecule has 0 saturated carbocycles. The zero-order chi connectivity index (χ0) is 40.9. The summed E-state index contributed by atoms with van der Waals surface area (Å²) in [4.78, 5) is 0. The molecule has 0 aliphatic heterocycles. The summed E-state index contributed by atoms with van der Waals surface area (Å²) in [5.41, 5.74) is 4.62.